The zero-order valence-electron chi connectivity index (χ0n) is 12.9. The number of nitrogens with one attached hydrogen (secondary N) is 1. The van der Waals surface area contributed by atoms with E-state index in [4.69, 9.17) is 4.74 Å². The first-order valence-electron chi connectivity index (χ1n) is 7.20. The highest BCUT2D eigenvalue weighted by Gasteiger charge is 2.19. The number of carbonyl (C=O) groups is 1. The summed E-state index contributed by atoms with van der Waals surface area (Å²) in [5.41, 5.74) is 2.19. The Morgan fingerprint density at radius 3 is 2.55 bits per heavy atom. The van der Waals surface area contributed by atoms with Crippen LogP contribution in [0, 0.1) is 0 Å². The van der Waals surface area contributed by atoms with Gasteiger partial charge in [-0.1, -0.05) is 56.3 Å². The number of anilines is 1. The lowest BCUT2D eigenvalue weighted by atomic mass is 9.85. The maximum absolute atomic E-state index is 11.8. The molecule has 1 amide bonds. The summed E-state index contributed by atoms with van der Waals surface area (Å²) in [4.78, 5) is 11.8. The van der Waals surface area contributed by atoms with Crippen molar-refractivity contribution in [3.8, 4) is 0 Å². The van der Waals surface area contributed by atoms with E-state index in [1.165, 1.54) is 0 Å². The molecule has 4 heteroatoms. The van der Waals surface area contributed by atoms with E-state index in [1.807, 2.05) is 62.4 Å². The van der Waals surface area contributed by atoms with Crippen LogP contribution in [0.5, 0.6) is 0 Å². The normalized spacial score (nSPS) is 11.0. The van der Waals surface area contributed by atoms with Crippen molar-refractivity contribution in [2.45, 2.75) is 25.9 Å². The zero-order valence-corrected chi connectivity index (χ0v) is 12.9. The Bertz CT molecular complexity index is 623. The molecule has 0 unspecified atom stereocenters. The lowest BCUT2D eigenvalue weighted by Crippen LogP contribution is -2.22. The van der Waals surface area contributed by atoms with Crippen LogP contribution in [0.3, 0.4) is 0 Å². The smallest absolute Gasteiger partial charge is 0.411 e. The Morgan fingerprint density at radius 2 is 1.86 bits per heavy atom. The minimum absolute atomic E-state index is 0.0366. The first-order valence-corrected chi connectivity index (χ1v) is 7.20. The number of ether oxygens (including phenoxy) is 1. The molecule has 0 aliphatic carbocycles. The van der Waals surface area contributed by atoms with Crippen molar-refractivity contribution in [1.29, 1.82) is 0 Å². The van der Waals surface area contributed by atoms with Crippen molar-refractivity contribution in [1.82, 2.24) is 0 Å². The van der Waals surface area contributed by atoms with E-state index in [1.54, 1.807) is 6.07 Å². The Kier molecular flexibility index (Phi) is 5.17. The van der Waals surface area contributed by atoms with E-state index < -0.39 is 6.09 Å². The van der Waals surface area contributed by atoms with E-state index in [9.17, 15) is 9.90 Å². The van der Waals surface area contributed by atoms with Crippen LogP contribution in [0.4, 0.5) is 10.5 Å². The molecule has 0 fully saturated rings. The maximum atomic E-state index is 11.8. The lowest BCUT2D eigenvalue weighted by Gasteiger charge is -2.22. The molecule has 2 N–H and O–H groups in total. The number of benzene rings is 2. The Balaban J connectivity index is 1.96. The Labute approximate surface area is 130 Å². The number of aliphatic hydroxyl groups is 1. The van der Waals surface area contributed by atoms with Gasteiger partial charge in [-0.05, 0) is 23.3 Å². The standard InChI is InChI=1S/C18H21NO3/c1-18(2,13-20)15-9-6-10-16(11-15)19-17(21)22-12-14-7-4-3-5-8-14/h3-11,20H,12-13H2,1-2H3,(H,19,21). The molecular formula is C18H21NO3. The number of hydrogen-bond donors (Lipinski definition) is 2. The molecule has 0 atom stereocenters. The van der Waals surface area contributed by atoms with Gasteiger partial charge in [-0.25, -0.2) is 4.79 Å². The van der Waals surface area contributed by atoms with E-state index in [0.29, 0.717) is 5.69 Å². The first kappa shape index (κ1) is 16.0. The quantitative estimate of drug-likeness (QED) is 0.885. The second kappa shape index (κ2) is 7.09. The summed E-state index contributed by atoms with van der Waals surface area (Å²) >= 11 is 0. The van der Waals surface area contributed by atoms with Crippen molar-refractivity contribution in [2.75, 3.05) is 11.9 Å². The predicted molar refractivity (Wildman–Crippen MR) is 86.8 cm³/mol. The molecule has 4 nitrogen and oxygen atoms in total. The fraction of sp³-hybridized carbons (Fsp3) is 0.278. The molecule has 0 aliphatic heterocycles. The summed E-state index contributed by atoms with van der Waals surface area (Å²) in [6, 6.07) is 16.9. The molecule has 116 valence electrons. The van der Waals surface area contributed by atoms with Crippen LogP contribution in [-0.2, 0) is 16.8 Å². The molecule has 2 rings (SSSR count). The van der Waals surface area contributed by atoms with Gasteiger partial charge in [0.25, 0.3) is 0 Å². The van der Waals surface area contributed by atoms with Gasteiger partial charge in [0.15, 0.2) is 0 Å². The summed E-state index contributed by atoms with van der Waals surface area (Å²) in [5.74, 6) is 0. The number of rotatable bonds is 5. The zero-order chi connectivity index (χ0) is 16.0. The van der Waals surface area contributed by atoms with Crippen molar-refractivity contribution in [3.63, 3.8) is 0 Å². The average molecular weight is 299 g/mol. The highest BCUT2D eigenvalue weighted by atomic mass is 16.5. The topological polar surface area (TPSA) is 58.6 Å². The maximum Gasteiger partial charge on any atom is 0.411 e. The summed E-state index contributed by atoms with van der Waals surface area (Å²) in [6.45, 7) is 4.16. The van der Waals surface area contributed by atoms with Crippen molar-refractivity contribution in [3.05, 3.63) is 65.7 Å². The molecule has 2 aromatic carbocycles. The van der Waals surface area contributed by atoms with E-state index in [-0.39, 0.29) is 18.6 Å². The summed E-state index contributed by atoms with van der Waals surface area (Å²) < 4.78 is 5.18. The van der Waals surface area contributed by atoms with Crippen LogP contribution < -0.4 is 5.32 Å². The molecule has 22 heavy (non-hydrogen) atoms. The number of hydrogen-bond acceptors (Lipinski definition) is 3. The Morgan fingerprint density at radius 1 is 1.14 bits per heavy atom. The lowest BCUT2D eigenvalue weighted by molar-refractivity contribution is 0.155. The van der Waals surface area contributed by atoms with Crippen LogP contribution >= 0.6 is 0 Å². The van der Waals surface area contributed by atoms with Crippen molar-refractivity contribution >= 4 is 11.8 Å². The third-order valence-electron chi connectivity index (χ3n) is 3.50. The third kappa shape index (κ3) is 4.33. The van der Waals surface area contributed by atoms with Crippen LogP contribution in [-0.4, -0.2) is 17.8 Å². The predicted octanol–water partition coefficient (Wildman–Crippen LogP) is 3.71. The highest BCUT2D eigenvalue weighted by Crippen LogP contribution is 2.24. The molecule has 0 aromatic heterocycles. The van der Waals surface area contributed by atoms with Crippen LogP contribution in [0.2, 0.25) is 0 Å². The van der Waals surface area contributed by atoms with Gasteiger partial charge in [-0.2, -0.15) is 0 Å². The minimum Gasteiger partial charge on any atom is -0.444 e. The minimum atomic E-state index is -0.497. The van der Waals surface area contributed by atoms with Gasteiger partial charge in [0.2, 0.25) is 0 Å². The average Bonchev–Trinajstić information content (AvgIpc) is 2.54. The fourth-order valence-electron chi connectivity index (χ4n) is 1.99. The molecular weight excluding hydrogens is 278 g/mol. The second-order valence-corrected chi connectivity index (χ2v) is 5.81. The Hall–Kier alpha value is -2.33. The molecule has 0 saturated heterocycles. The number of aliphatic hydroxyl groups excluding tert-OH is 1. The van der Waals surface area contributed by atoms with Crippen molar-refractivity contribution < 1.29 is 14.6 Å². The van der Waals surface area contributed by atoms with Gasteiger partial charge in [0, 0.05) is 11.1 Å². The molecule has 0 radical (unpaired) electrons. The van der Waals surface area contributed by atoms with Gasteiger partial charge < -0.3 is 9.84 Å². The SMILES string of the molecule is CC(C)(CO)c1cccc(NC(=O)OCc2ccccc2)c1. The van der Waals surface area contributed by atoms with E-state index in [0.717, 1.165) is 11.1 Å². The monoisotopic (exact) mass is 299 g/mol. The molecule has 0 saturated carbocycles. The van der Waals surface area contributed by atoms with Crippen LogP contribution in [0.1, 0.15) is 25.0 Å². The van der Waals surface area contributed by atoms with Gasteiger partial charge in [-0.15, -0.1) is 0 Å². The summed E-state index contributed by atoms with van der Waals surface area (Å²) in [6.07, 6.45) is -0.497. The van der Waals surface area contributed by atoms with Gasteiger partial charge in [-0.3, -0.25) is 5.32 Å². The first-order chi connectivity index (χ1) is 10.5. The number of amides is 1. The molecule has 0 heterocycles. The van der Waals surface area contributed by atoms with Crippen LogP contribution in [0.25, 0.3) is 0 Å². The summed E-state index contributed by atoms with van der Waals surface area (Å²) in [7, 11) is 0. The second-order valence-electron chi connectivity index (χ2n) is 5.81. The number of carbonyl (C=O) groups excluding carboxylic acids is 1. The van der Waals surface area contributed by atoms with Crippen LogP contribution in [0.15, 0.2) is 54.6 Å². The highest BCUT2D eigenvalue weighted by molar-refractivity contribution is 5.84. The van der Waals surface area contributed by atoms with Gasteiger partial charge in [0.05, 0.1) is 6.61 Å². The molecule has 2 aromatic rings. The van der Waals surface area contributed by atoms with E-state index >= 15 is 0 Å². The molecule has 0 spiro atoms. The fourth-order valence-corrected chi connectivity index (χ4v) is 1.99. The van der Waals surface area contributed by atoms with Crippen molar-refractivity contribution in [2.24, 2.45) is 0 Å². The largest absolute Gasteiger partial charge is 0.444 e. The molecule has 0 aliphatic rings. The third-order valence-corrected chi connectivity index (χ3v) is 3.50. The van der Waals surface area contributed by atoms with Gasteiger partial charge in [0.1, 0.15) is 6.61 Å². The van der Waals surface area contributed by atoms with E-state index in [2.05, 4.69) is 5.32 Å². The molecule has 0 bridgehead atoms. The van der Waals surface area contributed by atoms with Gasteiger partial charge >= 0.3 is 6.09 Å². The summed E-state index contributed by atoms with van der Waals surface area (Å²) in [5, 5.41) is 12.1.